The zero-order chi connectivity index (χ0) is 14.9. The van der Waals surface area contributed by atoms with Gasteiger partial charge < -0.3 is 5.11 Å². The standard InChI is InChI=1S/C15H23NO3S/c1-4-15(17)13-6-5-7-14(10-13)20(18,19)16(3)11(2)12-8-9-12/h5-7,10-12,15,17H,4,8-9H2,1-3H3. The largest absolute Gasteiger partial charge is 0.388 e. The molecular weight excluding hydrogens is 274 g/mol. The van der Waals surface area contributed by atoms with E-state index >= 15 is 0 Å². The van der Waals surface area contributed by atoms with Gasteiger partial charge in [0.2, 0.25) is 10.0 Å². The molecular formula is C15H23NO3S. The van der Waals surface area contributed by atoms with E-state index in [4.69, 9.17) is 0 Å². The molecule has 1 aromatic rings. The lowest BCUT2D eigenvalue weighted by Gasteiger charge is -2.24. The zero-order valence-electron chi connectivity index (χ0n) is 12.3. The number of rotatable bonds is 6. The molecule has 112 valence electrons. The van der Waals surface area contributed by atoms with Crippen LogP contribution in [0.5, 0.6) is 0 Å². The smallest absolute Gasteiger partial charge is 0.243 e. The van der Waals surface area contributed by atoms with Crippen molar-refractivity contribution in [1.82, 2.24) is 4.31 Å². The molecule has 5 heteroatoms. The number of aliphatic hydroxyl groups is 1. The van der Waals surface area contributed by atoms with Gasteiger partial charge in [-0.3, -0.25) is 0 Å². The van der Waals surface area contributed by atoms with E-state index in [-0.39, 0.29) is 10.9 Å². The number of sulfonamides is 1. The van der Waals surface area contributed by atoms with Gasteiger partial charge in [-0.25, -0.2) is 8.42 Å². The molecule has 1 fully saturated rings. The molecule has 0 aliphatic heterocycles. The topological polar surface area (TPSA) is 57.6 Å². The summed E-state index contributed by atoms with van der Waals surface area (Å²) < 4.78 is 26.7. The van der Waals surface area contributed by atoms with Crippen LogP contribution in [-0.2, 0) is 10.0 Å². The Hall–Kier alpha value is -0.910. The van der Waals surface area contributed by atoms with Crippen LogP contribution >= 0.6 is 0 Å². The van der Waals surface area contributed by atoms with Gasteiger partial charge >= 0.3 is 0 Å². The molecule has 0 spiro atoms. The SMILES string of the molecule is CCC(O)c1cccc(S(=O)(=O)N(C)C(C)C2CC2)c1. The van der Waals surface area contributed by atoms with Crippen molar-refractivity contribution < 1.29 is 13.5 Å². The Labute approximate surface area is 121 Å². The molecule has 2 unspecified atom stereocenters. The molecule has 2 atom stereocenters. The maximum Gasteiger partial charge on any atom is 0.243 e. The van der Waals surface area contributed by atoms with Crippen LogP contribution in [0.4, 0.5) is 0 Å². The first-order valence-corrected chi connectivity index (χ1v) is 8.58. The van der Waals surface area contributed by atoms with Gasteiger partial charge in [-0.1, -0.05) is 19.1 Å². The second-order valence-electron chi connectivity index (χ2n) is 5.60. The highest BCUT2D eigenvalue weighted by Crippen LogP contribution is 2.36. The van der Waals surface area contributed by atoms with E-state index in [1.165, 1.54) is 4.31 Å². The molecule has 1 N–H and O–H groups in total. The minimum Gasteiger partial charge on any atom is -0.388 e. The molecule has 20 heavy (non-hydrogen) atoms. The Morgan fingerprint density at radius 3 is 2.60 bits per heavy atom. The first kappa shape index (κ1) is 15.5. The molecule has 2 rings (SSSR count). The van der Waals surface area contributed by atoms with Crippen molar-refractivity contribution in [3.63, 3.8) is 0 Å². The van der Waals surface area contributed by atoms with Gasteiger partial charge in [-0.15, -0.1) is 0 Å². The number of benzene rings is 1. The fourth-order valence-corrected chi connectivity index (χ4v) is 3.86. The maximum absolute atomic E-state index is 12.6. The third-order valence-corrected chi connectivity index (χ3v) is 6.12. The highest BCUT2D eigenvalue weighted by Gasteiger charge is 2.36. The number of aliphatic hydroxyl groups excluding tert-OH is 1. The second-order valence-corrected chi connectivity index (χ2v) is 7.59. The first-order chi connectivity index (χ1) is 9.37. The fourth-order valence-electron chi connectivity index (χ4n) is 2.38. The van der Waals surface area contributed by atoms with Gasteiger partial charge in [-0.2, -0.15) is 4.31 Å². The fraction of sp³-hybridized carbons (Fsp3) is 0.600. The molecule has 1 aliphatic carbocycles. The average molecular weight is 297 g/mol. The summed E-state index contributed by atoms with van der Waals surface area (Å²) in [6.45, 7) is 3.83. The number of hydrogen-bond donors (Lipinski definition) is 1. The minimum atomic E-state index is -3.49. The van der Waals surface area contributed by atoms with Crippen molar-refractivity contribution in [3.05, 3.63) is 29.8 Å². The Morgan fingerprint density at radius 1 is 1.40 bits per heavy atom. The Balaban J connectivity index is 2.28. The lowest BCUT2D eigenvalue weighted by Crippen LogP contribution is -2.36. The third kappa shape index (κ3) is 3.05. The molecule has 0 aromatic heterocycles. The molecule has 4 nitrogen and oxygen atoms in total. The van der Waals surface area contributed by atoms with Crippen LogP contribution in [-0.4, -0.2) is 30.9 Å². The quantitative estimate of drug-likeness (QED) is 0.878. The van der Waals surface area contributed by atoms with Crippen molar-refractivity contribution in [2.24, 2.45) is 5.92 Å². The summed E-state index contributed by atoms with van der Waals surface area (Å²) >= 11 is 0. The molecule has 0 saturated heterocycles. The number of hydrogen-bond acceptors (Lipinski definition) is 3. The predicted molar refractivity (Wildman–Crippen MR) is 78.8 cm³/mol. The van der Waals surface area contributed by atoms with Gasteiger partial charge in [0.1, 0.15) is 0 Å². The Kier molecular flexibility index (Phi) is 4.52. The van der Waals surface area contributed by atoms with Crippen LogP contribution in [0.15, 0.2) is 29.2 Å². The van der Waals surface area contributed by atoms with Gasteiger partial charge in [0.25, 0.3) is 0 Å². The van der Waals surface area contributed by atoms with E-state index in [0.717, 1.165) is 12.8 Å². The summed E-state index contributed by atoms with van der Waals surface area (Å²) in [4.78, 5) is 0.262. The summed E-state index contributed by atoms with van der Waals surface area (Å²) in [5.74, 6) is 0.485. The second kappa shape index (κ2) is 5.84. The summed E-state index contributed by atoms with van der Waals surface area (Å²) in [6.07, 6.45) is 2.17. The summed E-state index contributed by atoms with van der Waals surface area (Å²) in [6, 6.07) is 6.66. The van der Waals surface area contributed by atoms with Crippen molar-refractivity contribution in [2.75, 3.05) is 7.05 Å². The normalized spacial score (nSPS) is 19.1. The Bertz CT molecular complexity index is 566. The van der Waals surface area contributed by atoms with Crippen molar-refractivity contribution in [1.29, 1.82) is 0 Å². The highest BCUT2D eigenvalue weighted by molar-refractivity contribution is 7.89. The maximum atomic E-state index is 12.6. The molecule has 1 aliphatic rings. The number of nitrogens with zero attached hydrogens (tertiary/aromatic N) is 1. The highest BCUT2D eigenvalue weighted by atomic mass is 32.2. The molecule has 0 bridgehead atoms. The average Bonchev–Trinajstić information content (AvgIpc) is 3.29. The predicted octanol–water partition coefficient (Wildman–Crippen LogP) is 2.55. The van der Waals surface area contributed by atoms with Crippen LogP contribution in [0.3, 0.4) is 0 Å². The molecule has 0 heterocycles. The van der Waals surface area contributed by atoms with Gasteiger partial charge in [0.05, 0.1) is 11.0 Å². The zero-order valence-corrected chi connectivity index (χ0v) is 13.1. The van der Waals surface area contributed by atoms with Crippen LogP contribution in [0.25, 0.3) is 0 Å². The van der Waals surface area contributed by atoms with E-state index in [1.807, 2.05) is 13.8 Å². The lowest BCUT2D eigenvalue weighted by molar-refractivity contribution is 0.173. The van der Waals surface area contributed by atoms with E-state index in [9.17, 15) is 13.5 Å². The van der Waals surface area contributed by atoms with Crippen LogP contribution in [0, 0.1) is 5.92 Å². The van der Waals surface area contributed by atoms with Crippen molar-refractivity contribution in [3.8, 4) is 0 Å². The molecule has 0 amide bonds. The van der Waals surface area contributed by atoms with E-state index in [0.29, 0.717) is 17.9 Å². The monoisotopic (exact) mass is 297 g/mol. The van der Waals surface area contributed by atoms with Gasteiger partial charge in [0, 0.05) is 13.1 Å². The minimum absolute atomic E-state index is 0.0276. The van der Waals surface area contributed by atoms with E-state index in [1.54, 1.807) is 31.3 Å². The Morgan fingerprint density at radius 2 is 2.05 bits per heavy atom. The first-order valence-electron chi connectivity index (χ1n) is 7.14. The summed E-state index contributed by atoms with van der Waals surface area (Å²) in [5.41, 5.74) is 0.654. The summed E-state index contributed by atoms with van der Waals surface area (Å²) in [7, 11) is -1.85. The lowest BCUT2D eigenvalue weighted by atomic mass is 10.1. The molecule has 1 saturated carbocycles. The van der Waals surface area contributed by atoms with Crippen molar-refractivity contribution in [2.45, 2.75) is 50.2 Å². The van der Waals surface area contributed by atoms with Crippen molar-refractivity contribution >= 4 is 10.0 Å². The molecule has 0 radical (unpaired) electrons. The van der Waals surface area contributed by atoms with Crippen LogP contribution < -0.4 is 0 Å². The third-order valence-electron chi connectivity index (χ3n) is 4.18. The summed E-state index contributed by atoms with van der Waals surface area (Å²) in [5, 5.41) is 9.86. The van der Waals surface area contributed by atoms with E-state index < -0.39 is 16.1 Å². The molecule has 1 aromatic carbocycles. The van der Waals surface area contributed by atoms with Crippen LogP contribution in [0.1, 0.15) is 44.8 Å². The van der Waals surface area contributed by atoms with Gasteiger partial charge in [-0.05, 0) is 49.8 Å². The van der Waals surface area contributed by atoms with Gasteiger partial charge in [0.15, 0.2) is 0 Å². The van der Waals surface area contributed by atoms with E-state index in [2.05, 4.69) is 0 Å². The van der Waals surface area contributed by atoms with Crippen LogP contribution in [0.2, 0.25) is 0 Å².